The van der Waals surface area contributed by atoms with Gasteiger partial charge in [0.25, 0.3) is 0 Å². The number of alkyl halides is 5. The number of nitrogens with two attached hydrogens (primary N) is 2. The first kappa shape index (κ1) is 35.7. The standard InChI is InChI=1S/C36H34F6N2O4/c1-23-19-27(43)10-13-30(23)31-14-11-28(44)20-25(31)22-47-34(45)16-7-24-5-8-26(9-6-24)36(41,42)48-33-15-12-29(21-32(33)37)46-18-4-2-3-17-35(38,39)40/h5-16,19-21H,2-4,17-18,22,43-44H2,1H3/b16-7+. The molecule has 0 aliphatic carbocycles. The van der Waals surface area contributed by atoms with Crippen LogP contribution in [-0.4, -0.2) is 18.8 Å². The highest BCUT2D eigenvalue weighted by Gasteiger charge is 2.35. The number of anilines is 2. The van der Waals surface area contributed by atoms with Gasteiger partial charge in [0.1, 0.15) is 12.4 Å². The van der Waals surface area contributed by atoms with E-state index < -0.39 is 41.8 Å². The van der Waals surface area contributed by atoms with Gasteiger partial charge >= 0.3 is 18.3 Å². The molecule has 0 saturated heterocycles. The summed E-state index contributed by atoms with van der Waals surface area (Å²) in [6.45, 7) is 1.89. The molecule has 4 rings (SSSR count). The lowest BCUT2D eigenvalue weighted by Crippen LogP contribution is -2.22. The van der Waals surface area contributed by atoms with E-state index in [2.05, 4.69) is 4.74 Å². The summed E-state index contributed by atoms with van der Waals surface area (Å²) >= 11 is 0. The summed E-state index contributed by atoms with van der Waals surface area (Å²) < 4.78 is 96.2. The lowest BCUT2D eigenvalue weighted by molar-refractivity contribution is -0.187. The van der Waals surface area contributed by atoms with Crippen LogP contribution in [-0.2, 0) is 22.2 Å². The monoisotopic (exact) mass is 672 g/mol. The highest BCUT2D eigenvalue weighted by molar-refractivity contribution is 5.87. The van der Waals surface area contributed by atoms with Crippen LogP contribution in [0.4, 0.5) is 37.7 Å². The van der Waals surface area contributed by atoms with Crippen LogP contribution in [0.3, 0.4) is 0 Å². The normalized spacial score (nSPS) is 11.9. The van der Waals surface area contributed by atoms with Gasteiger partial charge in [-0.1, -0.05) is 24.3 Å². The van der Waals surface area contributed by atoms with Gasteiger partial charge < -0.3 is 25.7 Å². The molecule has 0 aromatic heterocycles. The van der Waals surface area contributed by atoms with Gasteiger partial charge in [0.15, 0.2) is 11.6 Å². The fraction of sp³-hybridized carbons (Fsp3) is 0.250. The lowest BCUT2D eigenvalue weighted by Gasteiger charge is -2.19. The first-order chi connectivity index (χ1) is 22.7. The zero-order valence-corrected chi connectivity index (χ0v) is 26.0. The first-order valence-electron chi connectivity index (χ1n) is 15.0. The fourth-order valence-corrected chi connectivity index (χ4v) is 4.78. The van der Waals surface area contributed by atoms with Crippen LogP contribution in [0.1, 0.15) is 47.9 Å². The molecule has 4 N–H and O–H groups in total. The van der Waals surface area contributed by atoms with Crippen molar-refractivity contribution in [1.82, 2.24) is 0 Å². The van der Waals surface area contributed by atoms with Crippen LogP contribution in [0.5, 0.6) is 11.5 Å². The van der Waals surface area contributed by atoms with Crippen molar-refractivity contribution in [3.05, 3.63) is 113 Å². The number of hydrogen-bond donors (Lipinski definition) is 2. The minimum Gasteiger partial charge on any atom is -0.493 e. The fourth-order valence-electron chi connectivity index (χ4n) is 4.78. The van der Waals surface area contributed by atoms with Crippen molar-refractivity contribution >= 4 is 23.4 Å². The third kappa shape index (κ3) is 10.4. The Morgan fingerprint density at radius 3 is 2.17 bits per heavy atom. The second kappa shape index (κ2) is 15.6. The first-order valence-corrected chi connectivity index (χ1v) is 15.0. The van der Waals surface area contributed by atoms with E-state index in [4.69, 9.17) is 20.9 Å². The number of hydrogen-bond acceptors (Lipinski definition) is 6. The van der Waals surface area contributed by atoms with E-state index in [0.29, 0.717) is 28.9 Å². The highest BCUT2D eigenvalue weighted by Crippen LogP contribution is 2.35. The molecule has 4 aromatic carbocycles. The van der Waals surface area contributed by atoms with Crippen molar-refractivity contribution < 1.29 is 45.3 Å². The molecule has 12 heteroatoms. The molecule has 0 radical (unpaired) electrons. The highest BCUT2D eigenvalue weighted by atomic mass is 19.4. The number of halogens is 6. The van der Waals surface area contributed by atoms with E-state index in [9.17, 15) is 31.1 Å². The maximum absolute atomic E-state index is 14.9. The Hall–Kier alpha value is -5.13. The molecule has 0 fully saturated rings. The van der Waals surface area contributed by atoms with Gasteiger partial charge in [-0.3, -0.25) is 0 Å². The number of ether oxygens (including phenoxy) is 3. The van der Waals surface area contributed by atoms with E-state index in [1.165, 1.54) is 24.3 Å². The summed E-state index contributed by atoms with van der Waals surface area (Å²) in [5.41, 5.74) is 16.2. The third-order valence-electron chi connectivity index (χ3n) is 7.21. The van der Waals surface area contributed by atoms with Crippen molar-refractivity contribution in [2.75, 3.05) is 18.1 Å². The SMILES string of the molecule is Cc1cc(N)ccc1-c1ccc(N)cc1COC(=O)/C=C/c1ccc(C(F)(F)Oc2ccc(OCCCCCC(F)(F)F)cc2F)cc1. The van der Waals surface area contributed by atoms with Gasteiger partial charge in [-0.15, -0.1) is 0 Å². The molecule has 0 aliphatic rings. The quantitative estimate of drug-likeness (QED) is 0.0456. The molecule has 4 aromatic rings. The second-order valence-corrected chi connectivity index (χ2v) is 11.0. The molecule has 0 aliphatic heterocycles. The zero-order valence-electron chi connectivity index (χ0n) is 26.0. The second-order valence-electron chi connectivity index (χ2n) is 11.0. The van der Waals surface area contributed by atoms with Crippen molar-refractivity contribution in [3.63, 3.8) is 0 Å². The summed E-state index contributed by atoms with van der Waals surface area (Å²) in [5.74, 6) is -2.46. The minimum absolute atomic E-state index is 0.0268. The molecular formula is C36H34F6N2O4. The van der Waals surface area contributed by atoms with Gasteiger partial charge in [-0.25, -0.2) is 9.18 Å². The van der Waals surface area contributed by atoms with Gasteiger partial charge in [0.05, 0.1) is 12.2 Å². The molecule has 0 amide bonds. The van der Waals surface area contributed by atoms with Crippen molar-refractivity contribution in [2.45, 2.75) is 51.5 Å². The average molecular weight is 673 g/mol. The molecule has 0 saturated carbocycles. The van der Waals surface area contributed by atoms with E-state index in [-0.39, 0.29) is 31.8 Å². The van der Waals surface area contributed by atoms with Gasteiger partial charge in [0.2, 0.25) is 0 Å². The van der Waals surface area contributed by atoms with Crippen molar-refractivity contribution in [2.24, 2.45) is 0 Å². The van der Waals surface area contributed by atoms with E-state index >= 15 is 0 Å². The Morgan fingerprint density at radius 2 is 1.50 bits per heavy atom. The molecule has 0 heterocycles. The van der Waals surface area contributed by atoms with E-state index in [0.717, 1.165) is 47.0 Å². The Bertz CT molecular complexity index is 1740. The molecule has 0 unspecified atom stereocenters. The molecule has 254 valence electrons. The van der Waals surface area contributed by atoms with Gasteiger partial charge in [0, 0.05) is 29.9 Å². The molecule has 6 nitrogen and oxygen atoms in total. The smallest absolute Gasteiger partial charge is 0.426 e. The molecule has 0 bridgehead atoms. The zero-order chi connectivity index (χ0) is 34.9. The molecule has 0 atom stereocenters. The van der Waals surface area contributed by atoms with Crippen LogP contribution in [0, 0.1) is 12.7 Å². The number of carbonyl (C=O) groups excluding carboxylic acids is 1. The maximum Gasteiger partial charge on any atom is 0.426 e. The predicted octanol–water partition coefficient (Wildman–Crippen LogP) is 9.35. The lowest BCUT2D eigenvalue weighted by atomic mass is 9.95. The summed E-state index contributed by atoms with van der Waals surface area (Å²) in [6, 6.07) is 18.7. The Morgan fingerprint density at radius 1 is 0.812 bits per heavy atom. The van der Waals surface area contributed by atoms with Gasteiger partial charge in [-0.2, -0.15) is 22.0 Å². The summed E-state index contributed by atoms with van der Waals surface area (Å²) in [4.78, 5) is 12.5. The van der Waals surface area contributed by atoms with Crippen LogP contribution in [0.25, 0.3) is 17.2 Å². The summed E-state index contributed by atoms with van der Waals surface area (Å²) in [6.07, 6.45) is -5.93. The van der Waals surface area contributed by atoms with E-state index in [1.54, 1.807) is 18.2 Å². The maximum atomic E-state index is 14.9. The Kier molecular flexibility index (Phi) is 11.6. The number of esters is 1. The van der Waals surface area contributed by atoms with Crippen molar-refractivity contribution in [1.29, 1.82) is 0 Å². The average Bonchev–Trinajstić information content (AvgIpc) is 3.02. The summed E-state index contributed by atoms with van der Waals surface area (Å²) in [7, 11) is 0. The van der Waals surface area contributed by atoms with Crippen molar-refractivity contribution in [3.8, 4) is 22.6 Å². The number of carbonyl (C=O) groups is 1. The van der Waals surface area contributed by atoms with E-state index in [1.807, 2.05) is 25.1 Å². The molecule has 48 heavy (non-hydrogen) atoms. The topological polar surface area (TPSA) is 96.8 Å². The van der Waals surface area contributed by atoms with Crippen LogP contribution in [0.2, 0.25) is 0 Å². The largest absolute Gasteiger partial charge is 0.493 e. The molecular weight excluding hydrogens is 638 g/mol. The Labute approximate surface area is 273 Å². The number of rotatable bonds is 14. The van der Waals surface area contributed by atoms with Crippen LogP contribution in [0.15, 0.2) is 84.9 Å². The number of nitrogen functional groups attached to an aromatic ring is 2. The molecule has 0 spiro atoms. The van der Waals surface area contributed by atoms with Crippen LogP contribution < -0.4 is 20.9 Å². The number of aryl methyl sites for hydroxylation is 1. The number of benzene rings is 4. The minimum atomic E-state index is -4.22. The van der Waals surface area contributed by atoms with Gasteiger partial charge in [-0.05, 0) is 109 Å². The number of unbranched alkanes of at least 4 members (excludes halogenated alkanes) is 2. The summed E-state index contributed by atoms with van der Waals surface area (Å²) in [5, 5.41) is 0. The Balaban J connectivity index is 1.30. The van der Waals surface area contributed by atoms with Crippen LogP contribution >= 0.6 is 0 Å². The predicted molar refractivity (Wildman–Crippen MR) is 172 cm³/mol. The third-order valence-corrected chi connectivity index (χ3v) is 7.21.